The molecule has 1 aliphatic carbocycles. The van der Waals surface area contributed by atoms with E-state index in [0.717, 1.165) is 25.7 Å². The minimum atomic E-state index is -1.05. The van der Waals surface area contributed by atoms with Crippen molar-refractivity contribution < 1.29 is 24.2 Å². The quantitative estimate of drug-likeness (QED) is 0.654. The van der Waals surface area contributed by atoms with E-state index >= 15 is 0 Å². The van der Waals surface area contributed by atoms with Crippen LogP contribution in [0, 0.1) is 5.41 Å². The normalized spacial score (nSPS) is 24.6. The minimum absolute atomic E-state index is 0.0711. The van der Waals surface area contributed by atoms with Gasteiger partial charge in [0.1, 0.15) is 5.41 Å². The third-order valence-corrected chi connectivity index (χ3v) is 4.92. The Bertz CT molecular complexity index is 478. The molecule has 3 amide bonds. The Morgan fingerprint density at radius 1 is 1.25 bits per heavy atom. The Morgan fingerprint density at radius 3 is 2.58 bits per heavy atom. The van der Waals surface area contributed by atoms with Crippen molar-refractivity contribution in [2.45, 2.75) is 44.6 Å². The van der Waals surface area contributed by atoms with Gasteiger partial charge in [0.25, 0.3) is 0 Å². The third kappa shape index (κ3) is 4.59. The number of likely N-dealkylation sites (tertiary alicyclic amines) is 1. The van der Waals surface area contributed by atoms with Gasteiger partial charge in [0.15, 0.2) is 0 Å². The summed E-state index contributed by atoms with van der Waals surface area (Å²) in [6, 6.07) is -0.155. The van der Waals surface area contributed by atoms with Crippen LogP contribution in [0.4, 0.5) is 4.79 Å². The molecule has 1 aliphatic heterocycles. The second-order valence-corrected chi connectivity index (χ2v) is 6.75. The Kier molecular flexibility index (Phi) is 6.42. The molecule has 0 spiro atoms. The summed E-state index contributed by atoms with van der Waals surface area (Å²) in [4.78, 5) is 37.0. The van der Waals surface area contributed by atoms with E-state index in [9.17, 15) is 19.5 Å². The van der Waals surface area contributed by atoms with Crippen LogP contribution in [0.3, 0.4) is 0 Å². The first kappa shape index (κ1) is 18.5. The van der Waals surface area contributed by atoms with Gasteiger partial charge in [0, 0.05) is 26.2 Å². The molecule has 0 aromatic heterocycles. The number of carboxylic acid groups (broad SMARTS) is 1. The maximum absolute atomic E-state index is 12.2. The lowest BCUT2D eigenvalue weighted by Gasteiger charge is -2.24. The van der Waals surface area contributed by atoms with Gasteiger partial charge in [-0.05, 0) is 19.3 Å². The number of carbonyl (C=O) groups excluding carboxylic acids is 2. The number of rotatable bonds is 6. The maximum Gasteiger partial charge on any atom is 0.315 e. The number of carbonyl (C=O) groups is 3. The lowest BCUT2D eigenvalue weighted by atomic mass is 9.88. The topological polar surface area (TPSA) is 108 Å². The number of hydrogen-bond acceptors (Lipinski definition) is 4. The highest BCUT2D eigenvalue weighted by Crippen LogP contribution is 2.31. The van der Waals surface area contributed by atoms with Crippen LogP contribution in [-0.2, 0) is 14.3 Å². The molecule has 3 N–H and O–H groups in total. The van der Waals surface area contributed by atoms with Crippen LogP contribution >= 0.6 is 0 Å². The summed E-state index contributed by atoms with van der Waals surface area (Å²) in [5.74, 6) is -1.23. The molecule has 136 valence electrons. The van der Waals surface area contributed by atoms with Crippen molar-refractivity contribution in [2.24, 2.45) is 5.41 Å². The average Bonchev–Trinajstić information content (AvgIpc) is 3.00. The lowest BCUT2D eigenvalue weighted by Crippen LogP contribution is -2.47. The predicted molar refractivity (Wildman–Crippen MR) is 86.5 cm³/mol. The highest BCUT2D eigenvalue weighted by molar-refractivity contribution is 5.85. The Morgan fingerprint density at radius 2 is 1.96 bits per heavy atom. The van der Waals surface area contributed by atoms with E-state index in [-0.39, 0.29) is 37.7 Å². The largest absolute Gasteiger partial charge is 0.481 e. The van der Waals surface area contributed by atoms with Crippen molar-refractivity contribution in [3.05, 3.63) is 0 Å². The molecule has 0 aromatic rings. The van der Waals surface area contributed by atoms with Gasteiger partial charge < -0.3 is 25.4 Å². The zero-order valence-electron chi connectivity index (χ0n) is 14.2. The third-order valence-electron chi connectivity index (χ3n) is 4.92. The number of methoxy groups -OCH3 is 1. The molecule has 2 aliphatic rings. The standard InChI is InChI=1S/C16H27N3O5/c1-24-11-16(14(21)22)7-8-19(10-16)13(20)9-17-15(23)18-12-5-3-2-4-6-12/h12H,2-11H2,1H3,(H,21,22)(H2,17,18,23). The summed E-state index contributed by atoms with van der Waals surface area (Å²) in [7, 11) is 1.45. The number of hydrogen-bond donors (Lipinski definition) is 3. The van der Waals surface area contributed by atoms with Gasteiger partial charge in [-0.25, -0.2) is 4.79 Å². The van der Waals surface area contributed by atoms with Gasteiger partial charge in [0.2, 0.25) is 5.91 Å². The van der Waals surface area contributed by atoms with Gasteiger partial charge in [-0.1, -0.05) is 19.3 Å². The van der Waals surface area contributed by atoms with Gasteiger partial charge >= 0.3 is 12.0 Å². The van der Waals surface area contributed by atoms with Crippen LogP contribution in [0.2, 0.25) is 0 Å². The summed E-state index contributed by atoms with van der Waals surface area (Å²) < 4.78 is 5.00. The van der Waals surface area contributed by atoms with Crippen LogP contribution < -0.4 is 10.6 Å². The first-order valence-corrected chi connectivity index (χ1v) is 8.51. The number of nitrogens with zero attached hydrogens (tertiary/aromatic N) is 1. The molecule has 2 rings (SSSR count). The summed E-state index contributed by atoms with van der Waals surface area (Å²) in [5.41, 5.74) is -1.05. The molecule has 1 saturated carbocycles. The van der Waals surface area contributed by atoms with E-state index < -0.39 is 11.4 Å². The SMILES string of the molecule is COCC1(C(=O)O)CCN(C(=O)CNC(=O)NC2CCCCC2)C1. The lowest BCUT2D eigenvalue weighted by molar-refractivity contribution is -0.151. The van der Waals surface area contributed by atoms with Crippen molar-refractivity contribution in [3.63, 3.8) is 0 Å². The van der Waals surface area contributed by atoms with Gasteiger partial charge in [-0.2, -0.15) is 0 Å². The number of urea groups is 1. The fourth-order valence-electron chi connectivity index (χ4n) is 3.47. The Hall–Kier alpha value is -1.83. The molecule has 1 atom stereocenters. The van der Waals surface area contributed by atoms with Crippen LogP contribution in [0.25, 0.3) is 0 Å². The number of nitrogens with one attached hydrogen (secondary N) is 2. The molecule has 1 unspecified atom stereocenters. The van der Waals surface area contributed by atoms with Crippen LogP contribution in [-0.4, -0.2) is 67.3 Å². The van der Waals surface area contributed by atoms with E-state index in [0.29, 0.717) is 13.0 Å². The number of carboxylic acids is 1. The second-order valence-electron chi connectivity index (χ2n) is 6.75. The average molecular weight is 341 g/mol. The molecule has 1 saturated heterocycles. The molecular weight excluding hydrogens is 314 g/mol. The van der Waals surface area contributed by atoms with Crippen molar-refractivity contribution >= 4 is 17.9 Å². The van der Waals surface area contributed by atoms with Gasteiger partial charge in [-0.15, -0.1) is 0 Å². The van der Waals surface area contributed by atoms with E-state index in [1.54, 1.807) is 0 Å². The van der Waals surface area contributed by atoms with E-state index in [1.165, 1.54) is 18.4 Å². The zero-order chi connectivity index (χ0) is 17.6. The monoisotopic (exact) mass is 341 g/mol. The van der Waals surface area contributed by atoms with Crippen molar-refractivity contribution in [1.29, 1.82) is 0 Å². The molecule has 0 radical (unpaired) electrons. The van der Waals surface area contributed by atoms with E-state index in [1.807, 2.05) is 0 Å². The Balaban J connectivity index is 1.76. The summed E-state index contributed by atoms with van der Waals surface area (Å²) in [6.45, 7) is 0.421. The highest BCUT2D eigenvalue weighted by Gasteiger charge is 2.46. The van der Waals surface area contributed by atoms with Crippen molar-refractivity contribution in [1.82, 2.24) is 15.5 Å². The Labute approximate surface area is 141 Å². The van der Waals surface area contributed by atoms with Crippen LogP contribution in [0.1, 0.15) is 38.5 Å². The number of aliphatic carboxylic acids is 1. The molecule has 24 heavy (non-hydrogen) atoms. The number of ether oxygens (including phenoxy) is 1. The molecule has 1 heterocycles. The second kappa shape index (κ2) is 8.32. The van der Waals surface area contributed by atoms with E-state index in [4.69, 9.17) is 4.74 Å². The fourth-order valence-corrected chi connectivity index (χ4v) is 3.47. The molecule has 8 heteroatoms. The van der Waals surface area contributed by atoms with Crippen molar-refractivity contribution in [2.75, 3.05) is 33.4 Å². The molecule has 2 fully saturated rings. The maximum atomic E-state index is 12.2. The predicted octanol–water partition coefficient (Wildman–Crippen LogP) is 0.568. The van der Waals surface area contributed by atoms with E-state index in [2.05, 4.69) is 10.6 Å². The fraction of sp³-hybridized carbons (Fsp3) is 0.812. The van der Waals surface area contributed by atoms with Crippen LogP contribution in [0.5, 0.6) is 0 Å². The molecule has 8 nitrogen and oxygen atoms in total. The highest BCUT2D eigenvalue weighted by atomic mass is 16.5. The summed E-state index contributed by atoms with van der Waals surface area (Å²) >= 11 is 0. The first-order valence-electron chi connectivity index (χ1n) is 8.51. The van der Waals surface area contributed by atoms with Crippen molar-refractivity contribution in [3.8, 4) is 0 Å². The zero-order valence-corrected chi connectivity index (χ0v) is 14.2. The first-order chi connectivity index (χ1) is 11.5. The number of amides is 3. The smallest absolute Gasteiger partial charge is 0.315 e. The van der Waals surface area contributed by atoms with Crippen LogP contribution in [0.15, 0.2) is 0 Å². The van der Waals surface area contributed by atoms with Gasteiger partial charge in [0.05, 0.1) is 13.2 Å². The molecule has 0 bridgehead atoms. The van der Waals surface area contributed by atoms with Gasteiger partial charge in [-0.3, -0.25) is 9.59 Å². The summed E-state index contributed by atoms with van der Waals surface area (Å²) in [5, 5.41) is 14.9. The minimum Gasteiger partial charge on any atom is -0.481 e. The molecular formula is C16H27N3O5. The summed E-state index contributed by atoms with van der Waals surface area (Å²) in [6.07, 6.45) is 5.76. The molecule has 0 aromatic carbocycles.